The molecular weight excluding hydrogens is 863 g/mol. The number of ether oxygens (including phenoxy) is 1. The number of ketones is 1. The lowest BCUT2D eigenvalue weighted by Crippen LogP contribution is -2.75. The topological polar surface area (TPSA) is 192 Å². The van der Waals surface area contributed by atoms with Crippen molar-refractivity contribution >= 4 is 39.0 Å². The highest BCUT2D eigenvalue weighted by Crippen LogP contribution is 2.83. The quantitative estimate of drug-likeness (QED) is 0.102. The van der Waals surface area contributed by atoms with Crippen molar-refractivity contribution in [3.63, 3.8) is 0 Å². The molecule has 5 saturated carbocycles. The summed E-state index contributed by atoms with van der Waals surface area (Å²) in [4.78, 5) is 32.7. The first-order valence-electron chi connectivity index (χ1n) is 24.9. The van der Waals surface area contributed by atoms with E-state index in [0.717, 1.165) is 24.8 Å². The third-order valence-electron chi connectivity index (χ3n) is 21.6. The van der Waals surface area contributed by atoms with E-state index in [-0.39, 0.29) is 60.2 Å². The van der Waals surface area contributed by atoms with Crippen LogP contribution in [0.1, 0.15) is 110 Å². The highest BCUT2D eigenvalue weighted by atomic mass is 33.1. The van der Waals surface area contributed by atoms with Gasteiger partial charge in [-0.05, 0) is 147 Å². The molecule has 1 aromatic carbocycles. The minimum Gasteiger partial charge on any atom is -0.508 e. The van der Waals surface area contributed by atoms with Crippen molar-refractivity contribution in [2.24, 2.45) is 68.5 Å². The number of hydrogen-bond donors (Lipinski definition) is 7. The molecule has 11 nitrogen and oxygen atoms in total. The molecule has 0 unspecified atom stereocenters. The summed E-state index contributed by atoms with van der Waals surface area (Å²) in [5.74, 6) is -0.155. The number of hydrogen-bond acceptors (Lipinski definition) is 12. The molecule has 65 heavy (non-hydrogen) atoms. The Kier molecular flexibility index (Phi) is 10.5. The van der Waals surface area contributed by atoms with E-state index < -0.39 is 74.5 Å². The second kappa shape index (κ2) is 15.0. The maximum absolute atomic E-state index is 15.7. The number of aryl methyl sites for hydroxylation is 1. The zero-order valence-corrected chi connectivity index (χ0v) is 40.2. The predicted octanol–water partition coefficient (Wildman–Crippen LogP) is 6.14. The SMILES string of the molecule is CC(C)[C@@H](C)[C@@H]1O[C@H]1[C@@]1(O)CC=C[C@@H]2C[C@@]34CC[C@H]5[C@@](O)(CO)[C@H](O)C[C@]6(CSSC[C@H]7CCC[C@@H](CO)[C@]78CCN(C8=O)c7cc(O)cc(c7)CC[C@]27[C@@H]1CC[C@@]7(O)C3=CC6=O)[C@]54C. The number of phenols is 1. The number of aliphatic hydroxyl groups is 6. The van der Waals surface area contributed by atoms with Crippen LogP contribution in [-0.4, -0.2) is 114 Å². The van der Waals surface area contributed by atoms with Crippen LogP contribution in [0.5, 0.6) is 5.75 Å². The molecule has 0 aromatic heterocycles. The highest BCUT2D eigenvalue weighted by molar-refractivity contribution is 8.76. The Bertz CT molecular complexity index is 2220. The standard InChI is InChI=1S/C52H71NO10S2/c1-29(2)30(3)42-43(63-42)50(60)13-6-9-32-23-46-14-11-37-45(46,4)47(24-41(58)51(37,61)27-55)28-65-64-26-34-8-5-7-33(25-54)48(34)17-18-53(44(48)59)35-19-31(20-36(56)21-35)10-15-49(32)38(50)12-16-52(49,62)39(46)22-40(47)57/h6,9,19-22,29-30,32-34,37-38,41-43,54-56,58,60-62H,5,7-8,10-18,23-28H2,1-4H3/t30-,32-,33+,34-,37-,38+,41-,42+,43-,45-,46+,47-,48-,49-,50-,51+,52-/m1/s1. The molecule has 1 amide bonds. The van der Waals surface area contributed by atoms with Crippen LogP contribution in [0.25, 0.3) is 0 Å². The number of carbonyl (C=O) groups is 2. The van der Waals surface area contributed by atoms with Gasteiger partial charge in [-0.2, -0.15) is 0 Å². The Balaban J connectivity index is 1.12. The predicted molar refractivity (Wildman–Crippen MR) is 250 cm³/mol. The van der Waals surface area contributed by atoms with Gasteiger partial charge >= 0.3 is 0 Å². The molecule has 1 aromatic rings. The van der Waals surface area contributed by atoms with Crippen LogP contribution < -0.4 is 4.90 Å². The van der Waals surface area contributed by atoms with Gasteiger partial charge in [0.05, 0.1) is 35.2 Å². The van der Waals surface area contributed by atoms with Crippen LogP contribution in [0.3, 0.4) is 0 Å². The van der Waals surface area contributed by atoms with E-state index in [1.807, 2.05) is 11.0 Å². The van der Waals surface area contributed by atoms with Crippen molar-refractivity contribution in [3.8, 4) is 5.75 Å². The van der Waals surface area contributed by atoms with Gasteiger partial charge in [-0.1, -0.05) is 67.9 Å². The summed E-state index contributed by atoms with van der Waals surface area (Å²) in [5.41, 5.74) is -7.22. The van der Waals surface area contributed by atoms with E-state index in [2.05, 4.69) is 39.8 Å². The number of allylic oxidation sites excluding steroid dienone is 2. The zero-order valence-electron chi connectivity index (χ0n) is 38.6. The molecule has 0 radical (unpaired) electrons. The number of anilines is 1. The summed E-state index contributed by atoms with van der Waals surface area (Å²) in [6, 6.07) is 5.44. The summed E-state index contributed by atoms with van der Waals surface area (Å²) in [6.07, 6.45) is 10.9. The van der Waals surface area contributed by atoms with Crippen LogP contribution in [-0.2, 0) is 20.7 Å². The van der Waals surface area contributed by atoms with Gasteiger partial charge in [-0.25, -0.2) is 0 Å². The Hall–Kier alpha value is -1.94. The molecule has 2 saturated heterocycles. The van der Waals surface area contributed by atoms with Crippen molar-refractivity contribution in [2.75, 3.05) is 36.2 Å². The van der Waals surface area contributed by atoms with Gasteiger partial charge in [0, 0.05) is 53.2 Å². The Morgan fingerprint density at radius 1 is 0.923 bits per heavy atom. The van der Waals surface area contributed by atoms with Gasteiger partial charge in [0.2, 0.25) is 5.91 Å². The van der Waals surface area contributed by atoms with E-state index in [1.165, 1.54) is 0 Å². The summed E-state index contributed by atoms with van der Waals surface area (Å²) in [5, 5.41) is 85.7. The fourth-order valence-electron chi connectivity index (χ4n) is 18.0. The molecule has 12 aliphatic rings. The monoisotopic (exact) mass is 933 g/mol. The molecule has 5 aliphatic heterocycles. The average Bonchev–Trinajstić information content (AvgIpc) is 3.85. The van der Waals surface area contributed by atoms with E-state index in [4.69, 9.17) is 4.74 Å². The summed E-state index contributed by atoms with van der Waals surface area (Å²) in [7, 11) is 3.24. The van der Waals surface area contributed by atoms with Crippen molar-refractivity contribution in [3.05, 3.63) is 47.6 Å². The molecule has 5 heterocycles. The van der Waals surface area contributed by atoms with Gasteiger partial charge < -0.3 is 45.4 Å². The van der Waals surface area contributed by atoms with E-state index in [1.54, 1.807) is 39.8 Å². The van der Waals surface area contributed by atoms with Crippen LogP contribution in [0.4, 0.5) is 5.69 Å². The molecule has 17 atom stereocenters. The number of carbonyl (C=O) groups excluding carboxylic acids is 2. The second-order valence-electron chi connectivity index (χ2n) is 23.5. The second-order valence-corrected chi connectivity index (χ2v) is 26.0. The molecule has 7 fully saturated rings. The number of amides is 1. The van der Waals surface area contributed by atoms with E-state index in [9.17, 15) is 35.7 Å². The molecule has 7 aliphatic carbocycles. The maximum atomic E-state index is 15.7. The van der Waals surface area contributed by atoms with Gasteiger partial charge in [0.15, 0.2) is 5.78 Å². The Morgan fingerprint density at radius 2 is 1.71 bits per heavy atom. The molecule has 7 N–H and O–H groups in total. The number of aliphatic hydroxyl groups excluding tert-OH is 3. The normalized spacial score (nSPS) is 50.3. The maximum Gasteiger partial charge on any atom is 0.233 e. The third-order valence-corrected chi connectivity index (χ3v) is 24.2. The van der Waals surface area contributed by atoms with E-state index in [0.29, 0.717) is 93.0 Å². The Labute approximate surface area is 391 Å². The lowest BCUT2D eigenvalue weighted by Gasteiger charge is -2.71. The summed E-state index contributed by atoms with van der Waals surface area (Å²) < 4.78 is 6.53. The number of aromatic hydroxyl groups is 1. The number of fused-ring (bicyclic) bond motifs is 1. The molecular formula is C52H71NO10S2. The number of rotatable bonds is 5. The lowest BCUT2D eigenvalue weighted by atomic mass is 9.33. The largest absolute Gasteiger partial charge is 0.508 e. The number of phenolic OH excluding ortho intramolecular Hbond substituents is 1. The number of nitrogens with zero attached hydrogens (tertiary/aromatic N) is 1. The van der Waals surface area contributed by atoms with Crippen LogP contribution >= 0.6 is 21.6 Å². The van der Waals surface area contributed by atoms with Gasteiger partial charge in [0.1, 0.15) is 23.1 Å². The smallest absolute Gasteiger partial charge is 0.233 e. The zero-order chi connectivity index (χ0) is 45.9. The first-order valence-corrected chi connectivity index (χ1v) is 27.4. The minimum atomic E-state index is -1.85. The Morgan fingerprint density at radius 3 is 2.46 bits per heavy atom. The average molecular weight is 934 g/mol. The molecule has 8 bridgehead atoms. The van der Waals surface area contributed by atoms with Crippen LogP contribution in [0.15, 0.2) is 42.0 Å². The van der Waals surface area contributed by atoms with Crippen molar-refractivity contribution in [2.45, 2.75) is 146 Å². The molecule has 4 spiro atoms. The van der Waals surface area contributed by atoms with Crippen molar-refractivity contribution in [1.82, 2.24) is 0 Å². The number of benzene rings is 1. The molecule has 356 valence electrons. The van der Waals surface area contributed by atoms with Crippen molar-refractivity contribution in [1.29, 1.82) is 0 Å². The van der Waals surface area contributed by atoms with Crippen LogP contribution in [0, 0.1) is 68.5 Å². The fraction of sp³-hybridized carbons (Fsp3) is 0.769. The van der Waals surface area contributed by atoms with Crippen LogP contribution in [0.2, 0.25) is 0 Å². The summed E-state index contributed by atoms with van der Waals surface area (Å²) in [6.45, 7) is 8.40. The highest BCUT2D eigenvalue weighted by Gasteiger charge is 2.84. The minimum absolute atomic E-state index is 0.0140. The summed E-state index contributed by atoms with van der Waals surface area (Å²) >= 11 is 0. The number of epoxide rings is 1. The molecule has 13 rings (SSSR count). The van der Waals surface area contributed by atoms with E-state index >= 15 is 9.59 Å². The first kappa shape index (κ1) is 45.5. The fourth-order valence-corrected chi connectivity index (χ4v) is 21.2. The third kappa shape index (κ3) is 5.54. The first-order chi connectivity index (χ1) is 30.9. The van der Waals surface area contributed by atoms with Gasteiger partial charge in [-0.15, -0.1) is 0 Å². The lowest BCUT2D eigenvalue weighted by molar-refractivity contribution is -0.256. The van der Waals surface area contributed by atoms with Gasteiger partial charge in [-0.3, -0.25) is 9.59 Å². The van der Waals surface area contributed by atoms with Crippen molar-refractivity contribution < 1.29 is 50.1 Å². The van der Waals surface area contributed by atoms with Gasteiger partial charge in [0.25, 0.3) is 0 Å². The molecule has 13 heteroatoms.